The summed E-state index contributed by atoms with van der Waals surface area (Å²) >= 11 is 0. The number of nitrogens with zero attached hydrogens (tertiary/aromatic N) is 1. The summed E-state index contributed by atoms with van der Waals surface area (Å²) in [5, 5.41) is 9.12. The van der Waals surface area contributed by atoms with Crippen LogP contribution in [0.3, 0.4) is 0 Å². The van der Waals surface area contributed by atoms with E-state index in [0.29, 0.717) is 18.4 Å². The van der Waals surface area contributed by atoms with E-state index in [2.05, 4.69) is 13.8 Å². The van der Waals surface area contributed by atoms with Crippen molar-refractivity contribution < 1.29 is 14.7 Å². The lowest BCUT2D eigenvalue weighted by Crippen LogP contribution is -2.30. The number of carbonyl (C=O) groups excluding carboxylic acids is 1. The Kier molecular flexibility index (Phi) is 4.12. The first kappa shape index (κ1) is 14.6. The predicted octanol–water partition coefficient (Wildman–Crippen LogP) is 2.58. The van der Waals surface area contributed by atoms with Gasteiger partial charge in [0.2, 0.25) is 5.91 Å². The summed E-state index contributed by atoms with van der Waals surface area (Å²) in [6.07, 6.45) is 1.89. The molecule has 0 aliphatic carbocycles. The number of carbonyl (C=O) groups is 2. The molecule has 0 bridgehead atoms. The lowest BCUT2D eigenvalue weighted by molar-refractivity contribution is -0.130. The fourth-order valence-electron chi connectivity index (χ4n) is 2.67. The molecule has 0 atom stereocenters. The summed E-state index contributed by atoms with van der Waals surface area (Å²) in [4.78, 5) is 25.2. The Morgan fingerprint density at radius 2 is 2.00 bits per heavy atom. The van der Waals surface area contributed by atoms with Gasteiger partial charge in [-0.2, -0.15) is 0 Å². The van der Waals surface area contributed by atoms with Gasteiger partial charge in [-0.25, -0.2) is 4.79 Å². The van der Waals surface area contributed by atoms with Crippen molar-refractivity contribution in [1.29, 1.82) is 0 Å². The average molecular weight is 275 g/mol. The van der Waals surface area contributed by atoms with E-state index in [1.54, 1.807) is 18.2 Å². The maximum atomic E-state index is 12.2. The first-order valence-electron chi connectivity index (χ1n) is 6.98. The van der Waals surface area contributed by atoms with Gasteiger partial charge in [-0.05, 0) is 29.9 Å². The van der Waals surface area contributed by atoms with Crippen LogP contribution in [0.2, 0.25) is 0 Å². The van der Waals surface area contributed by atoms with Crippen LogP contribution in [-0.4, -0.2) is 35.0 Å². The molecular weight excluding hydrogens is 254 g/mol. The van der Waals surface area contributed by atoms with Crippen LogP contribution in [0, 0.1) is 5.41 Å². The van der Waals surface area contributed by atoms with Crippen LogP contribution in [0.5, 0.6) is 0 Å². The van der Waals surface area contributed by atoms with Crippen molar-refractivity contribution in [2.75, 3.05) is 13.1 Å². The average Bonchev–Trinajstić information content (AvgIpc) is 2.76. The van der Waals surface area contributed by atoms with Gasteiger partial charge in [0.25, 0.3) is 0 Å². The highest BCUT2D eigenvalue weighted by molar-refractivity contribution is 5.89. The number of aryl methyl sites for hydroxylation is 1. The molecule has 4 nitrogen and oxygen atoms in total. The zero-order valence-electron chi connectivity index (χ0n) is 12.1. The zero-order valence-corrected chi connectivity index (χ0v) is 12.1. The number of likely N-dealkylation sites (tertiary alicyclic amines) is 1. The van der Waals surface area contributed by atoms with Gasteiger partial charge >= 0.3 is 5.97 Å². The Morgan fingerprint density at radius 3 is 2.60 bits per heavy atom. The van der Waals surface area contributed by atoms with Crippen LogP contribution in [0.15, 0.2) is 24.3 Å². The molecule has 20 heavy (non-hydrogen) atoms. The van der Waals surface area contributed by atoms with E-state index >= 15 is 0 Å². The van der Waals surface area contributed by atoms with Crippen LogP contribution in [0.4, 0.5) is 0 Å². The number of benzene rings is 1. The predicted molar refractivity (Wildman–Crippen MR) is 76.7 cm³/mol. The molecule has 0 spiro atoms. The molecule has 1 N–H and O–H groups in total. The zero-order chi connectivity index (χ0) is 14.8. The van der Waals surface area contributed by atoms with Gasteiger partial charge in [0.05, 0.1) is 5.56 Å². The number of carboxylic acids is 1. The standard InChI is InChI=1S/C16H21NO3/c1-16(2)9-10-17(11-16)14(18)8-7-12-5-3-4-6-13(12)15(19)20/h3-6H,7-11H2,1-2H3,(H,19,20). The smallest absolute Gasteiger partial charge is 0.335 e. The van der Waals surface area contributed by atoms with Gasteiger partial charge < -0.3 is 10.0 Å². The second-order valence-corrected chi connectivity index (χ2v) is 6.19. The molecule has 0 aromatic heterocycles. The number of aromatic carboxylic acids is 1. The van der Waals surface area contributed by atoms with Gasteiger partial charge in [-0.1, -0.05) is 32.0 Å². The van der Waals surface area contributed by atoms with Crippen molar-refractivity contribution in [1.82, 2.24) is 4.90 Å². The quantitative estimate of drug-likeness (QED) is 0.918. The SMILES string of the molecule is CC1(C)CCN(C(=O)CCc2ccccc2C(=O)O)C1. The van der Waals surface area contributed by atoms with Crippen molar-refractivity contribution >= 4 is 11.9 Å². The van der Waals surface area contributed by atoms with E-state index in [1.807, 2.05) is 11.0 Å². The number of hydrogen-bond donors (Lipinski definition) is 1. The van der Waals surface area contributed by atoms with Crippen molar-refractivity contribution in [3.05, 3.63) is 35.4 Å². The second-order valence-electron chi connectivity index (χ2n) is 6.19. The molecule has 1 aromatic carbocycles. The third-order valence-corrected chi connectivity index (χ3v) is 3.89. The van der Waals surface area contributed by atoms with Crippen molar-refractivity contribution in [2.24, 2.45) is 5.41 Å². The molecule has 1 heterocycles. The van der Waals surface area contributed by atoms with E-state index < -0.39 is 5.97 Å². The van der Waals surface area contributed by atoms with E-state index in [4.69, 9.17) is 5.11 Å². The molecule has 2 rings (SSSR count). The van der Waals surface area contributed by atoms with Crippen molar-refractivity contribution in [3.63, 3.8) is 0 Å². The topological polar surface area (TPSA) is 57.6 Å². The van der Waals surface area contributed by atoms with E-state index in [9.17, 15) is 9.59 Å². The summed E-state index contributed by atoms with van der Waals surface area (Å²) in [6.45, 7) is 5.94. The summed E-state index contributed by atoms with van der Waals surface area (Å²) < 4.78 is 0. The molecular formula is C16H21NO3. The number of hydrogen-bond acceptors (Lipinski definition) is 2. The molecule has 1 saturated heterocycles. The normalized spacial score (nSPS) is 17.2. The largest absolute Gasteiger partial charge is 0.478 e. The Morgan fingerprint density at radius 1 is 1.30 bits per heavy atom. The van der Waals surface area contributed by atoms with E-state index in [-0.39, 0.29) is 11.3 Å². The monoisotopic (exact) mass is 275 g/mol. The third kappa shape index (κ3) is 3.38. The minimum absolute atomic E-state index is 0.121. The highest BCUT2D eigenvalue weighted by Gasteiger charge is 2.31. The molecule has 1 fully saturated rings. The highest BCUT2D eigenvalue weighted by atomic mass is 16.4. The van der Waals surface area contributed by atoms with Gasteiger partial charge in [-0.3, -0.25) is 4.79 Å². The van der Waals surface area contributed by atoms with Gasteiger partial charge in [0.15, 0.2) is 0 Å². The first-order chi connectivity index (χ1) is 9.39. The molecule has 108 valence electrons. The molecule has 1 aliphatic rings. The number of carboxylic acid groups (broad SMARTS) is 1. The molecule has 1 aliphatic heterocycles. The Bertz CT molecular complexity index is 522. The highest BCUT2D eigenvalue weighted by Crippen LogP contribution is 2.29. The maximum Gasteiger partial charge on any atom is 0.335 e. The number of amides is 1. The van der Waals surface area contributed by atoms with Gasteiger partial charge in [-0.15, -0.1) is 0 Å². The lowest BCUT2D eigenvalue weighted by atomic mass is 9.93. The summed E-state index contributed by atoms with van der Waals surface area (Å²) in [7, 11) is 0. The Hall–Kier alpha value is -1.84. The van der Waals surface area contributed by atoms with E-state index in [1.165, 1.54) is 0 Å². The van der Waals surface area contributed by atoms with Crippen molar-refractivity contribution in [2.45, 2.75) is 33.1 Å². The van der Waals surface area contributed by atoms with Crippen LogP contribution in [0.25, 0.3) is 0 Å². The molecule has 0 radical (unpaired) electrons. The van der Waals surface area contributed by atoms with Crippen LogP contribution in [-0.2, 0) is 11.2 Å². The Balaban J connectivity index is 1.96. The summed E-state index contributed by atoms with van der Waals surface area (Å²) in [6, 6.07) is 6.88. The summed E-state index contributed by atoms with van der Waals surface area (Å²) in [5.41, 5.74) is 1.23. The first-order valence-corrected chi connectivity index (χ1v) is 6.98. The van der Waals surface area contributed by atoms with Crippen LogP contribution < -0.4 is 0 Å². The molecule has 1 amide bonds. The second kappa shape index (κ2) is 5.65. The lowest BCUT2D eigenvalue weighted by Gasteiger charge is -2.20. The molecule has 0 saturated carbocycles. The minimum atomic E-state index is -0.935. The number of rotatable bonds is 4. The molecule has 4 heteroatoms. The van der Waals surface area contributed by atoms with Gasteiger partial charge in [0, 0.05) is 19.5 Å². The van der Waals surface area contributed by atoms with Crippen LogP contribution >= 0.6 is 0 Å². The summed E-state index contributed by atoms with van der Waals surface area (Å²) in [5.74, 6) is -0.814. The molecule has 1 aromatic rings. The fourth-order valence-corrected chi connectivity index (χ4v) is 2.67. The molecule has 0 unspecified atom stereocenters. The Labute approximate surface area is 119 Å². The van der Waals surface area contributed by atoms with E-state index in [0.717, 1.165) is 25.1 Å². The van der Waals surface area contributed by atoms with Crippen molar-refractivity contribution in [3.8, 4) is 0 Å². The fraction of sp³-hybridized carbons (Fsp3) is 0.500. The third-order valence-electron chi connectivity index (χ3n) is 3.89. The minimum Gasteiger partial charge on any atom is -0.478 e. The van der Waals surface area contributed by atoms with Crippen LogP contribution in [0.1, 0.15) is 42.6 Å². The maximum absolute atomic E-state index is 12.2. The van der Waals surface area contributed by atoms with Gasteiger partial charge in [0.1, 0.15) is 0 Å².